The summed E-state index contributed by atoms with van der Waals surface area (Å²) in [6.07, 6.45) is 0. The van der Waals surface area contributed by atoms with Gasteiger partial charge < -0.3 is 5.73 Å². The first-order valence-corrected chi connectivity index (χ1v) is 6.63. The van der Waals surface area contributed by atoms with Crippen LogP contribution in [0.4, 0.5) is 0 Å². The van der Waals surface area contributed by atoms with Gasteiger partial charge in [0.05, 0.1) is 4.88 Å². The molecule has 0 aromatic carbocycles. The molecule has 0 bridgehead atoms. The Kier molecular flexibility index (Phi) is 3.79. The topological polar surface area (TPSA) is 75.4 Å². The van der Waals surface area contributed by atoms with Gasteiger partial charge in [0, 0.05) is 14.1 Å². The molecule has 0 atom stereocenters. The zero-order valence-corrected chi connectivity index (χ0v) is 10.7. The van der Waals surface area contributed by atoms with E-state index in [1.807, 2.05) is 0 Å². The number of rotatable bonds is 4. The molecule has 84 valence electrons. The zero-order chi connectivity index (χ0) is 11.6. The Morgan fingerprint density at radius 3 is 2.53 bits per heavy atom. The Labute approximate surface area is 97.9 Å². The van der Waals surface area contributed by atoms with Crippen molar-refractivity contribution >= 4 is 38.6 Å². The molecule has 0 saturated heterocycles. The molecule has 15 heavy (non-hydrogen) atoms. The third kappa shape index (κ3) is 3.21. The molecule has 0 radical (unpaired) electrons. The van der Waals surface area contributed by atoms with Crippen molar-refractivity contribution in [2.75, 3.05) is 14.1 Å². The van der Waals surface area contributed by atoms with E-state index >= 15 is 0 Å². The van der Waals surface area contributed by atoms with Crippen LogP contribution in [0, 0.1) is 0 Å². The highest BCUT2D eigenvalue weighted by molar-refractivity contribution is 7.91. The van der Waals surface area contributed by atoms with E-state index < -0.39 is 10.0 Å². The second kappa shape index (κ2) is 4.54. The number of thiocarbonyl (C=S) groups is 1. The number of hydrogen-bond donors (Lipinski definition) is 2. The number of sulfonamides is 1. The van der Waals surface area contributed by atoms with Crippen molar-refractivity contribution in [2.24, 2.45) is 5.73 Å². The highest BCUT2D eigenvalue weighted by Crippen LogP contribution is 2.21. The number of nitrogens with two attached hydrogens (primary N) is 1. The number of nitrogens with one attached hydrogen (secondary N) is 1. The summed E-state index contributed by atoms with van der Waals surface area (Å²) in [5, 5.41) is 1.36. The van der Waals surface area contributed by atoms with E-state index in [1.54, 1.807) is 20.2 Å². The fraction of sp³-hybridized carbons (Fsp3) is 0.286. The molecular weight excluding hydrogens is 254 g/mol. The molecular formula is C7H11N3O2S3. The predicted molar refractivity (Wildman–Crippen MR) is 64.2 cm³/mol. The third-order valence-corrected chi connectivity index (χ3v) is 4.83. The van der Waals surface area contributed by atoms with Crippen molar-refractivity contribution in [3.05, 3.63) is 17.0 Å². The maximum atomic E-state index is 11.7. The predicted octanol–water partition coefficient (Wildman–Crippen LogP) is 0.137. The molecule has 1 aromatic heterocycles. The van der Waals surface area contributed by atoms with Gasteiger partial charge in [-0.15, -0.1) is 16.2 Å². The molecule has 3 N–H and O–H groups in total. The van der Waals surface area contributed by atoms with Crippen LogP contribution in [0.3, 0.4) is 0 Å². The van der Waals surface area contributed by atoms with Crippen LogP contribution in [0.5, 0.6) is 0 Å². The van der Waals surface area contributed by atoms with Crippen LogP contribution in [0.25, 0.3) is 0 Å². The highest BCUT2D eigenvalue weighted by atomic mass is 32.2. The van der Waals surface area contributed by atoms with Crippen LogP contribution in [0.15, 0.2) is 16.3 Å². The van der Waals surface area contributed by atoms with Crippen molar-refractivity contribution < 1.29 is 8.42 Å². The fourth-order valence-corrected chi connectivity index (χ4v) is 3.30. The minimum absolute atomic E-state index is 0.194. The first-order valence-electron chi connectivity index (χ1n) is 3.92. The molecule has 0 aliphatic rings. The summed E-state index contributed by atoms with van der Waals surface area (Å²) < 4.78 is 23.5. The van der Waals surface area contributed by atoms with Crippen LogP contribution in [-0.4, -0.2) is 32.5 Å². The first kappa shape index (κ1) is 12.5. The Morgan fingerprint density at radius 1 is 1.53 bits per heavy atom. The minimum Gasteiger partial charge on any atom is -0.389 e. The molecule has 0 unspecified atom stereocenters. The van der Waals surface area contributed by atoms with Crippen LogP contribution in [0.1, 0.15) is 4.88 Å². The average molecular weight is 265 g/mol. The largest absolute Gasteiger partial charge is 0.389 e. The number of nitrogens with zero attached hydrogens (tertiary/aromatic N) is 1. The van der Waals surface area contributed by atoms with Gasteiger partial charge >= 0.3 is 0 Å². The van der Waals surface area contributed by atoms with Gasteiger partial charge in [-0.3, -0.25) is 0 Å². The zero-order valence-electron chi connectivity index (χ0n) is 8.22. The van der Waals surface area contributed by atoms with E-state index in [1.165, 1.54) is 11.1 Å². The van der Waals surface area contributed by atoms with Gasteiger partial charge in [0.15, 0.2) is 0 Å². The third-order valence-electron chi connectivity index (χ3n) is 1.39. The summed E-state index contributed by atoms with van der Waals surface area (Å²) >= 11 is 5.80. The molecule has 0 aliphatic carbocycles. The molecule has 1 rings (SSSR count). The van der Waals surface area contributed by atoms with Gasteiger partial charge in [-0.05, 0) is 12.1 Å². The lowest BCUT2D eigenvalue weighted by atomic mass is 10.5. The van der Waals surface area contributed by atoms with Crippen LogP contribution in [-0.2, 0) is 10.0 Å². The van der Waals surface area contributed by atoms with Crippen molar-refractivity contribution in [2.45, 2.75) is 4.21 Å². The normalized spacial score (nSPS) is 11.9. The van der Waals surface area contributed by atoms with Crippen molar-refractivity contribution in [1.82, 2.24) is 9.84 Å². The van der Waals surface area contributed by atoms with Gasteiger partial charge in [0.1, 0.15) is 9.20 Å². The monoisotopic (exact) mass is 265 g/mol. The lowest BCUT2D eigenvalue weighted by molar-refractivity contribution is 0.364. The van der Waals surface area contributed by atoms with Gasteiger partial charge in [-0.2, -0.15) is 0 Å². The van der Waals surface area contributed by atoms with Crippen molar-refractivity contribution in [3.63, 3.8) is 0 Å². The second-order valence-corrected chi connectivity index (χ2v) is 6.38. The van der Waals surface area contributed by atoms with E-state index in [0.717, 1.165) is 11.3 Å². The summed E-state index contributed by atoms with van der Waals surface area (Å²) in [7, 11) is -0.299. The van der Waals surface area contributed by atoms with Gasteiger partial charge in [0.25, 0.3) is 10.0 Å². The summed E-state index contributed by atoms with van der Waals surface area (Å²) in [5.41, 5.74) is 5.39. The Balaban J connectivity index is 3.01. The first-order chi connectivity index (χ1) is 6.83. The molecule has 0 spiro atoms. The number of hydrazine groups is 1. The maximum Gasteiger partial charge on any atom is 0.262 e. The lowest BCUT2D eigenvalue weighted by Gasteiger charge is -2.10. The number of thiophene rings is 1. The fourth-order valence-electron chi connectivity index (χ4n) is 0.882. The quantitative estimate of drug-likeness (QED) is 0.598. The molecule has 0 amide bonds. The Bertz CT molecular complexity index is 464. The van der Waals surface area contributed by atoms with Crippen LogP contribution in [0.2, 0.25) is 0 Å². The molecule has 0 saturated carbocycles. The molecule has 1 aromatic rings. The van der Waals surface area contributed by atoms with E-state index in [9.17, 15) is 8.42 Å². The SMILES string of the molecule is CN(C)NS(=O)(=O)c1ccc(C(N)=S)s1. The van der Waals surface area contributed by atoms with Crippen molar-refractivity contribution in [3.8, 4) is 0 Å². The summed E-state index contributed by atoms with van der Waals surface area (Å²) in [6.45, 7) is 0. The Hall–Kier alpha value is -0.540. The molecule has 8 heteroatoms. The smallest absolute Gasteiger partial charge is 0.262 e. The molecule has 5 nitrogen and oxygen atoms in total. The Morgan fingerprint density at radius 2 is 2.13 bits per heavy atom. The van der Waals surface area contributed by atoms with Crippen LogP contribution >= 0.6 is 23.6 Å². The number of hydrogen-bond acceptors (Lipinski definition) is 5. The van der Waals surface area contributed by atoms with Gasteiger partial charge in [0.2, 0.25) is 0 Å². The summed E-state index contributed by atoms with van der Waals surface area (Å²) in [4.78, 5) is 3.11. The minimum atomic E-state index is -3.49. The molecule has 0 fully saturated rings. The molecule has 1 heterocycles. The lowest BCUT2D eigenvalue weighted by Crippen LogP contribution is -2.35. The maximum absolute atomic E-state index is 11.7. The standard InChI is InChI=1S/C7H11N3O2S3/c1-10(2)9-15(11,12)6-4-3-5(14-6)7(8)13/h3-4,9H,1-2H3,(H2,8,13). The van der Waals surface area contributed by atoms with Crippen LogP contribution < -0.4 is 10.6 Å². The summed E-state index contributed by atoms with van der Waals surface area (Å²) in [5.74, 6) is 0. The van der Waals surface area contributed by atoms with E-state index in [2.05, 4.69) is 4.83 Å². The highest BCUT2D eigenvalue weighted by Gasteiger charge is 2.17. The summed E-state index contributed by atoms with van der Waals surface area (Å²) in [6, 6.07) is 3.07. The average Bonchev–Trinajstić information content (AvgIpc) is 2.48. The second-order valence-electron chi connectivity index (χ2n) is 2.97. The van der Waals surface area contributed by atoms with Crippen molar-refractivity contribution in [1.29, 1.82) is 0 Å². The van der Waals surface area contributed by atoms with Gasteiger partial charge in [-0.1, -0.05) is 12.2 Å². The van der Waals surface area contributed by atoms with E-state index in [4.69, 9.17) is 18.0 Å². The molecule has 0 aliphatic heterocycles. The van der Waals surface area contributed by atoms with E-state index in [0.29, 0.717) is 4.88 Å². The van der Waals surface area contributed by atoms with Gasteiger partial charge in [-0.25, -0.2) is 13.4 Å². The van der Waals surface area contributed by atoms with E-state index in [-0.39, 0.29) is 9.20 Å².